The van der Waals surface area contributed by atoms with Gasteiger partial charge >= 0.3 is 0 Å². The van der Waals surface area contributed by atoms with Crippen molar-refractivity contribution in [1.82, 2.24) is 9.78 Å². The fourth-order valence-corrected chi connectivity index (χ4v) is 1.78. The lowest BCUT2D eigenvalue weighted by Gasteiger charge is -2.03. The minimum absolute atomic E-state index is 0.0792. The minimum Gasteiger partial charge on any atom is -0.241 e. The van der Waals surface area contributed by atoms with E-state index in [2.05, 4.69) is 5.10 Å². The van der Waals surface area contributed by atoms with Gasteiger partial charge in [0.25, 0.3) is 0 Å². The van der Waals surface area contributed by atoms with Crippen LogP contribution in [0.3, 0.4) is 0 Å². The molecule has 0 aliphatic rings. The highest BCUT2D eigenvalue weighted by molar-refractivity contribution is 7.89. The summed E-state index contributed by atoms with van der Waals surface area (Å²) in [6.07, 6.45) is 3.34. The Balaban J connectivity index is 2.53. The third kappa shape index (κ3) is 2.05. The second kappa shape index (κ2) is 3.48. The molecule has 2 rings (SSSR count). The maximum Gasteiger partial charge on any atom is 0.238 e. The molecule has 78 valence electrons. The van der Waals surface area contributed by atoms with E-state index in [1.54, 1.807) is 35.3 Å². The largest absolute Gasteiger partial charge is 0.241 e. The topological polar surface area (TPSA) is 78.0 Å². The fourth-order valence-electron chi connectivity index (χ4n) is 1.22. The molecule has 2 N–H and O–H groups in total. The molecule has 0 unspecified atom stereocenters. The van der Waals surface area contributed by atoms with Gasteiger partial charge in [0, 0.05) is 12.4 Å². The molecular formula is C9H9N3O2S. The van der Waals surface area contributed by atoms with E-state index in [1.807, 2.05) is 0 Å². The maximum absolute atomic E-state index is 11.1. The van der Waals surface area contributed by atoms with Crippen LogP contribution in [0.5, 0.6) is 0 Å². The Labute approximate surface area is 87.2 Å². The number of hydrogen-bond donors (Lipinski definition) is 1. The molecule has 1 aromatic heterocycles. The highest BCUT2D eigenvalue weighted by Crippen LogP contribution is 2.12. The zero-order valence-electron chi connectivity index (χ0n) is 7.74. The third-order valence-electron chi connectivity index (χ3n) is 1.92. The average Bonchev–Trinajstić information content (AvgIpc) is 2.69. The van der Waals surface area contributed by atoms with E-state index >= 15 is 0 Å². The number of rotatable bonds is 2. The number of sulfonamides is 1. The van der Waals surface area contributed by atoms with E-state index in [-0.39, 0.29) is 4.90 Å². The molecule has 6 heteroatoms. The molecule has 0 fully saturated rings. The van der Waals surface area contributed by atoms with Gasteiger partial charge in [-0.1, -0.05) is 6.07 Å². The van der Waals surface area contributed by atoms with Gasteiger partial charge in [-0.05, 0) is 24.3 Å². The van der Waals surface area contributed by atoms with Crippen LogP contribution in [-0.2, 0) is 10.0 Å². The third-order valence-corrected chi connectivity index (χ3v) is 2.83. The number of hydrogen-bond acceptors (Lipinski definition) is 3. The predicted octanol–water partition coefficient (Wildman–Crippen LogP) is 0.520. The monoisotopic (exact) mass is 223 g/mol. The molecule has 0 spiro atoms. The number of nitrogens with zero attached hydrogens (tertiary/aromatic N) is 2. The molecule has 0 aliphatic carbocycles. The summed E-state index contributed by atoms with van der Waals surface area (Å²) >= 11 is 0. The van der Waals surface area contributed by atoms with Crippen molar-refractivity contribution in [1.29, 1.82) is 0 Å². The zero-order chi connectivity index (χ0) is 10.9. The van der Waals surface area contributed by atoms with E-state index in [9.17, 15) is 8.42 Å². The van der Waals surface area contributed by atoms with Crippen LogP contribution < -0.4 is 5.14 Å². The van der Waals surface area contributed by atoms with Gasteiger partial charge < -0.3 is 0 Å². The van der Waals surface area contributed by atoms with Crippen LogP contribution in [0, 0.1) is 0 Å². The quantitative estimate of drug-likeness (QED) is 0.806. The summed E-state index contributed by atoms with van der Waals surface area (Å²) in [4.78, 5) is 0.0792. The molecule has 0 saturated heterocycles. The van der Waals surface area contributed by atoms with Crippen LogP contribution >= 0.6 is 0 Å². The Kier molecular flexibility index (Phi) is 2.29. The van der Waals surface area contributed by atoms with E-state index < -0.39 is 10.0 Å². The SMILES string of the molecule is NS(=O)(=O)c1cccc(-n2cccn2)c1. The lowest BCUT2D eigenvalue weighted by molar-refractivity contribution is 0.597. The molecule has 0 bridgehead atoms. The predicted molar refractivity (Wildman–Crippen MR) is 54.9 cm³/mol. The van der Waals surface area contributed by atoms with Gasteiger partial charge in [-0.15, -0.1) is 0 Å². The van der Waals surface area contributed by atoms with Crippen LogP contribution in [0.25, 0.3) is 5.69 Å². The second-order valence-corrected chi connectivity index (χ2v) is 4.55. The van der Waals surface area contributed by atoms with Gasteiger partial charge in [-0.3, -0.25) is 0 Å². The number of benzene rings is 1. The van der Waals surface area contributed by atoms with Gasteiger partial charge in [-0.25, -0.2) is 18.2 Å². The first-order valence-electron chi connectivity index (χ1n) is 4.20. The van der Waals surface area contributed by atoms with Gasteiger partial charge in [0.05, 0.1) is 10.6 Å². The van der Waals surface area contributed by atoms with E-state index in [4.69, 9.17) is 5.14 Å². The molecule has 2 aromatic rings. The second-order valence-electron chi connectivity index (χ2n) is 2.99. The number of nitrogens with two attached hydrogens (primary N) is 1. The van der Waals surface area contributed by atoms with Crippen LogP contribution in [-0.4, -0.2) is 18.2 Å². The lowest BCUT2D eigenvalue weighted by atomic mass is 10.3. The van der Waals surface area contributed by atoms with Crippen molar-refractivity contribution in [2.24, 2.45) is 5.14 Å². The van der Waals surface area contributed by atoms with E-state index in [0.717, 1.165) is 0 Å². The molecule has 1 aromatic carbocycles. The van der Waals surface area contributed by atoms with Gasteiger partial charge in [-0.2, -0.15) is 5.10 Å². The molecular weight excluding hydrogens is 214 g/mol. The summed E-state index contributed by atoms with van der Waals surface area (Å²) in [7, 11) is -3.66. The van der Waals surface area contributed by atoms with Crippen molar-refractivity contribution in [2.45, 2.75) is 4.90 Å². The normalized spacial score (nSPS) is 11.5. The van der Waals surface area contributed by atoms with Crippen molar-refractivity contribution in [3.05, 3.63) is 42.7 Å². The maximum atomic E-state index is 11.1. The molecule has 0 aliphatic heterocycles. The lowest BCUT2D eigenvalue weighted by Crippen LogP contribution is -2.12. The number of primary sulfonamides is 1. The van der Waals surface area contributed by atoms with Crippen molar-refractivity contribution in [2.75, 3.05) is 0 Å². The Morgan fingerprint density at radius 1 is 1.27 bits per heavy atom. The van der Waals surface area contributed by atoms with Gasteiger partial charge in [0.2, 0.25) is 10.0 Å². The van der Waals surface area contributed by atoms with Gasteiger partial charge in [0.15, 0.2) is 0 Å². The average molecular weight is 223 g/mol. The van der Waals surface area contributed by atoms with E-state index in [1.165, 1.54) is 12.1 Å². The minimum atomic E-state index is -3.66. The molecule has 1 heterocycles. The summed E-state index contributed by atoms with van der Waals surface area (Å²) in [5, 5.41) is 9.01. The van der Waals surface area contributed by atoms with Crippen LogP contribution in [0.1, 0.15) is 0 Å². The summed E-state index contributed by atoms with van der Waals surface area (Å²) in [6.45, 7) is 0. The van der Waals surface area contributed by atoms with Crippen LogP contribution in [0.2, 0.25) is 0 Å². The first-order chi connectivity index (χ1) is 7.07. The van der Waals surface area contributed by atoms with Crippen molar-refractivity contribution < 1.29 is 8.42 Å². The van der Waals surface area contributed by atoms with Crippen LogP contribution in [0.15, 0.2) is 47.6 Å². The van der Waals surface area contributed by atoms with Crippen molar-refractivity contribution >= 4 is 10.0 Å². The first-order valence-corrected chi connectivity index (χ1v) is 5.75. The first kappa shape index (κ1) is 9.88. The smallest absolute Gasteiger partial charge is 0.238 e. The van der Waals surface area contributed by atoms with Crippen LogP contribution in [0.4, 0.5) is 0 Å². The van der Waals surface area contributed by atoms with Crippen molar-refractivity contribution in [3.8, 4) is 5.69 Å². The summed E-state index contributed by atoms with van der Waals surface area (Å²) < 4.78 is 23.8. The Morgan fingerprint density at radius 2 is 2.07 bits per heavy atom. The summed E-state index contributed by atoms with van der Waals surface area (Å²) in [6, 6.07) is 8.05. The Hall–Kier alpha value is -1.66. The standard InChI is InChI=1S/C9H9N3O2S/c10-15(13,14)9-4-1-3-8(7-9)12-6-2-5-11-12/h1-7H,(H2,10,13,14). The molecule has 15 heavy (non-hydrogen) atoms. The summed E-state index contributed by atoms with van der Waals surface area (Å²) in [5.41, 5.74) is 0.659. The molecule has 0 saturated carbocycles. The van der Waals surface area contributed by atoms with Gasteiger partial charge in [0.1, 0.15) is 0 Å². The molecule has 5 nitrogen and oxygen atoms in total. The Morgan fingerprint density at radius 3 is 2.67 bits per heavy atom. The Bertz CT molecular complexity index is 561. The summed E-state index contributed by atoms with van der Waals surface area (Å²) in [5.74, 6) is 0. The molecule has 0 radical (unpaired) electrons. The molecule has 0 amide bonds. The van der Waals surface area contributed by atoms with Crippen molar-refractivity contribution in [3.63, 3.8) is 0 Å². The zero-order valence-corrected chi connectivity index (χ0v) is 8.55. The molecule has 0 atom stereocenters. The highest BCUT2D eigenvalue weighted by Gasteiger charge is 2.08. The highest BCUT2D eigenvalue weighted by atomic mass is 32.2. The number of aromatic nitrogens is 2. The van der Waals surface area contributed by atoms with E-state index in [0.29, 0.717) is 5.69 Å². The fraction of sp³-hybridized carbons (Fsp3) is 0.